The molecule has 1 atom stereocenters. The van der Waals surface area contributed by atoms with Crippen molar-refractivity contribution in [2.45, 2.75) is 46.1 Å². The second-order valence-electron chi connectivity index (χ2n) is 5.79. The van der Waals surface area contributed by atoms with Gasteiger partial charge < -0.3 is 5.32 Å². The lowest BCUT2D eigenvalue weighted by Crippen LogP contribution is -2.23. The van der Waals surface area contributed by atoms with Crippen LogP contribution in [0.3, 0.4) is 0 Å². The van der Waals surface area contributed by atoms with Crippen molar-refractivity contribution in [3.8, 4) is 11.1 Å². The minimum absolute atomic E-state index is 0.519. The van der Waals surface area contributed by atoms with Crippen molar-refractivity contribution in [2.75, 3.05) is 7.05 Å². The van der Waals surface area contributed by atoms with Crippen LogP contribution in [0.5, 0.6) is 0 Å². The Labute approximate surface area is 129 Å². The number of aryl methyl sites for hydroxylation is 2. The summed E-state index contributed by atoms with van der Waals surface area (Å²) in [7, 11) is 2.02. The van der Waals surface area contributed by atoms with Crippen LogP contribution in [0.25, 0.3) is 11.1 Å². The van der Waals surface area contributed by atoms with Gasteiger partial charge in [-0.05, 0) is 61.1 Å². The van der Waals surface area contributed by atoms with Crippen molar-refractivity contribution in [1.82, 2.24) is 5.32 Å². The lowest BCUT2D eigenvalue weighted by molar-refractivity contribution is 0.608. The van der Waals surface area contributed by atoms with Crippen LogP contribution in [0.4, 0.5) is 0 Å². The number of likely N-dealkylation sites (N-methyl/N-ethyl adjacent to an activating group) is 1. The number of rotatable bonds is 6. The van der Waals surface area contributed by atoms with E-state index in [1.54, 1.807) is 0 Å². The van der Waals surface area contributed by atoms with E-state index in [0.29, 0.717) is 6.04 Å². The molecule has 0 radical (unpaired) electrons. The third-order valence-electron chi connectivity index (χ3n) is 4.26. The molecule has 0 aliphatic rings. The maximum absolute atomic E-state index is 3.29. The minimum atomic E-state index is 0.519. The number of benzene rings is 2. The normalized spacial score (nSPS) is 12.4. The highest BCUT2D eigenvalue weighted by molar-refractivity contribution is 5.68. The molecule has 112 valence electrons. The first-order valence-electron chi connectivity index (χ1n) is 8.06. The van der Waals surface area contributed by atoms with Crippen LogP contribution in [-0.2, 0) is 19.3 Å². The molecule has 0 heterocycles. The molecule has 0 amide bonds. The summed E-state index contributed by atoms with van der Waals surface area (Å²) in [6, 6.07) is 16.5. The molecule has 2 rings (SSSR count). The molecule has 21 heavy (non-hydrogen) atoms. The minimum Gasteiger partial charge on any atom is -0.317 e. The Morgan fingerprint density at radius 1 is 0.905 bits per heavy atom. The van der Waals surface area contributed by atoms with Crippen molar-refractivity contribution < 1.29 is 0 Å². The van der Waals surface area contributed by atoms with E-state index in [2.05, 4.69) is 68.6 Å². The first kappa shape index (κ1) is 15.8. The zero-order valence-electron chi connectivity index (χ0n) is 13.7. The summed E-state index contributed by atoms with van der Waals surface area (Å²) in [5.74, 6) is 0. The summed E-state index contributed by atoms with van der Waals surface area (Å²) in [6.45, 7) is 6.66. The molecule has 1 nitrogen and oxygen atoms in total. The zero-order chi connectivity index (χ0) is 15.2. The number of hydrogen-bond donors (Lipinski definition) is 1. The van der Waals surface area contributed by atoms with Crippen LogP contribution in [-0.4, -0.2) is 13.1 Å². The van der Waals surface area contributed by atoms with E-state index in [1.807, 2.05) is 7.05 Å². The maximum atomic E-state index is 3.29. The summed E-state index contributed by atoms with van der Waals surface area (Å²) in [5, 5.41) is 3.29. The van der Waals surface area contributed by atoms with Crippen LogP contribution < -0.4 is 5.32 Å². The van der Waals surface area contributed by atoms with E-state index in [4.69, 9.17) is 0 Å². The SMILES string of the molecule is CCc1ccc(CC)c(-c2ccc(CC(C)NC)cc2)c1. The Morgan fingerprint density at radius 2 is 1.57 bits per heavy atom. The Balaban J connectivity index is 2.29. The van der Waals surface area contributed by atoms with Crippen LogP contribution in [0.15, 0.2) is 42.5 Å². The monoisotopic (exact) mass is 281 g/mol. The molecule has 0 bridgehead atoms. The summed E-state index contributed by atoms with van der Waals surface area (Å²) >= 11 is 0. The Morgan fingerprint density at radius 3 is 2.14 bits per heavy atom. The second kappa shape index (κ2) is 7.42. The van der Waals surface area contributed by atoms with Crippen LogP contribution in [0.2, 0.25) is 0 Å². The summed E-state index contributed by atoms with van der Waals surface area (Å²) < 4.78 is 0. The average molecular weight is 281 g/mol. The predicted molar refractivity (Wildman–Crippen MR) is 92.9 cm³/mol. The molecule has 0 fully saturated rings. The van der Waals surface area contributed by atoms with Gasteiger partial charge in [-0.15, -0.1) is 0 Å². The van der Waals surface area contributed by atoms with Gasteiger partial charge in [0.1, 0.15) is 0 Å². The first-order valence-corrected chi connectivity index (χ1v) is 8.06. The van der Waals surface area contributed by atoms with Gasteiger partial charge in [0.15, 0.2) is 0 Å². The van der Waals surface area contributed by atoms with E-state index < -0.39 is 0 Å². The van der Waals surface area contributed by atoms with Crippen LogP contribution in [0, 0.1) is 0 Å². The number of nitrogens with one attached hydrogen (secondary N) is 1. The molecule has 1 N–H and O–H groups in total. The van der Waals surface area contributed by atoms with Crippen molar-refractivity contribution in [2.24, 2.45) is 0 Å². The predicted octanol–water partition coefficient (Wildman–Crippen LogP) is 4.63. The fraction of sp³-hybridized carbons (Fsp3) is 0.400. The van der Waals surface area contributed by atoms with Gasteiger partial charge in [-0.1, -0.05) is 56.3 Å². The van der Waals surface area contributed by atoms with Gasteiger partial charge in [0.2, 0.25) is 0 Å². The Bertz CT molecular complexity index is 569. The van der Waals surface area contributed by atoms with Gasteiger partial charge in [-0.3, -0.25) is 0 Å². The van der Waals surface area contributed by atoms with Crippen LogP contribution >= 0.6 is 0 Å². The van der Waals surface area contributed by atoms with E-state index >= 15 is 0 Å². The highest BCUT2D eigenvalue weighted by Crippen LogP contribution is 2.26. The molecular formula is C20H27N. The zero-order valence-corrected chi connectivity index (χ0v) is 13.7. The van der Waals surface area contributed by atoms with Crippen molar-refractivity contribution in [3.63, 3.8) is 0 Å². The number of hydrogen-bond acceptors (Lipinski definition) is 1. The quantitative estimate of drug-likeness (QED) is 0.814. The van der Waals surface area contributed by atoms with Gasteiger partial charge in [-0.2, -0.15) is 0 Å². The Hall–Kier alpha value is -1.60. The fourth-order valence-corrected chi connectivity index (χ4v) is 2.70. The molecule has 0 aliphatic heterocycles. The molecule has 1 heteroatoms. The molecule has 2 aromatic rings. The van der Waals surface area contributed by atoms with E-state index in [1.165, 1.54) is 27.8 Å². The smallest absolute Gasteiger partial charge is 0.00761 e. The molecule has 1 unspecified atom stereocenters. The summed E-state index contributed by atoms with van der Waals surface area (Å²) in [6.07, 6.45) is 3.25. The van der Waals surface area contributed by atoms with Crippen molar-refractivity contribution in [3.05, 3.63) is 59.2 Å². The van der Waals surface area contributed by atoms with E-state index in [0.717, 1.165) is 19.3 Å². The summed E-state index contributed by atoms with van der Waals surface area (Å²) in [5.41, 5.74) is 6.97. The topological polar surface area (TPSA) is 12.0 Å². The second-order valence-corrected chi connectivity index (χ2v) is 5.79. The largest absolute Gasteiger partial charge is 0.317 e. The molecule has 0 spiro atoms. The van der Waals surface area contributed by atoms with Crippen LogP contribution in [0.1, 0.15) is 37.5 Å². The maximum Gasteiger partial charge on any atom is 0.00761 e. The van der Waals surface area contributed by atoms with E-state index in [9.17, 15) is 0 Å². The van der Waals surface area contributed by atoms with Gasteiger partial charge in [-0.25, -0.2) is 0 Å². The lowest BCUT2D eigenvalue weighted by atomic mass is 9.94. The molecule has 0 saturated carbocycles. The van der Waals surface area contributed by atoms with Gasteiger partial charge in [0, 0.05) is 6.04 Å². The standard InChI is InChI=1S/C20H27N/c1-5-16-7-10-18(6-2)20(14-16)19-11-8-17(9-12-19)13-15(3)21-4/h7-12,14-15,21H,5-6,13H2,1-4H3. The average Bonchev–Trinajstić information content (AvgIpc) is 2.54. The van der Waals surface area contributed by atoms with Gasteiger partial charge in [0.25, 0.3) is 0 Å². The Kier molecular flexibility index (Phi) is 5.58. The highest BCUT2D eigenvalue weighted by atomic mass is 14.8. The molecule has 0 aliphatic carbocycles. The molecule has 2 aromatic carbocycles. The first-order chi connectivity index (χ1) is 10.2. The van der Waals surface area contributed by atoms with Gasteiger partial charge >= 0.3 is 0 Å². The lowest BCUT2D eigenvalue weighted by Gasteiger charge is -2.13. The third-order valence-corrected chi connectivity index (χ3v) is 4.26. The van der Waals surface area contributed by atoms with Gasteiger partial charge in [0.05, 0.1) is 0 Å². The van der Waals surface area contributed by atoms with Crippen molar-refractivity contribution >= 4 is 0 Å². The molecule has 0 aromatic heterocycles. The molecule has 0 saturated heterocycles. The third kappa shape index (κ3) is 3.95. The molecular weight excluding hydrogens is 254 g/mol. The fourth-order valence-electron chi connectivity index (χ4n) is 2.70. The van der Waals surface area contributed by atoms with E-state index in [-0.39, 0.29) is 0 Å². The highest BCUT2D eigenvalue weighted by Gasteiger charge is 2.06. The van der Waals surface area contributed by atoms with Crippen molar-refractivity contribution in [1.29, 1.82) is 0 Å². The summed E-state index contributed by atoms with van der Waals surface area (Å²) in [4.78, 5) is 0.